The van der Waals surface area contributed by atoms with Gasteiger partial charge < -0.3 is 9.57 Å². The number of hydrogen-bond donors (Lipinski definition) is 0. The summed E-state index contributed by atoms with van der Waals surface area (Å²) >= 11 is 1.48. The Morgan fingerprint density at radius 3 is 2.36 bits per heavy atom. The van der Waals surface area contributed by atoms with Gasteiger partial charge in [-0.3, -0.25) is 0 Å². The lowest BCUT2D eigenvalue weighted by atomic mass is 10.3. The zero-order chi connectivity index (χ0) is 17.2. The van der Waals surface area contributed by atoms with Crippen molar-refractivity contribution in [2.24, 2.45) is 10.1 Å². The summed E-state index contributed by atoms with van der Waals surface area (Å²) in [6, 6.07) is 18.7. The molecule has 0 spiro atoms. The van der Waals surface area contributed by atoms with E-state index in [0.29, 0.717) is 10.9 Å². The topological polar surface area (TPSA) is 69.0 Å². The summed E-state index contributed by atoms with van der Waals surface area (Å²) in [6.45, 7) is 0. The van der Waals surface area contributed by atoms with E-state index in [1.165, 1.54) is 24.6 Å². The Morgan fingerprint density at radius 2 is 1.60 bits per heavy atom. The van der Waals surface area contributed by atoms with E-state index < -0.39 is 0 Å². The van der Waals surface area contributed by atoms with Crippen LogP contribution in [0.1, 0.15) is 0 Å². The predicted molar refractivity (Wildman–Crippen MR) is 97.4 cm³/mol. The lowest BCUT2D eigenvalue weighted by Gasteiger charge is -1.99. The van der Waals surface area contributed by atoms with Gasteiger partial charge in [-0.2, -0.15) is 0 Å². The molecule has 2 aromatic carbocycles. The highest BCUT2D eigenvalue weighted by atomic mass is 32.2. The number of ether oxygens (including phenoxy) is 1. The van der Waals surface area contributed by atoms with E-state index in [9.17, 15) is 0 Å². The Labute approximate surface area is 149 Å². The van der Waals surface area contributed by atoms with Crippen LogP contribution in [0.25, 0.3) is 0 Å². The van der Waals surface area contributed by atoms with Crippen molar-refractivity contribution in [1.29, 1.82) is 0 Å². The molecule has 0 aliphatic carbocycles. The molecule has 0 radical (unpaired) electrons. The average Bonchev–Trinajstić information content (AvgIpc) is 2.67. The van der Waals surface area contributed by atoms with Gasteiger partial charge in [0.1, 0.15) is 5.75 Å². The number of benzene rings is 2. The second-order valence-corrected chi connectivity index (χ2v) is 5.65. The van der Waals surface area contributed by atoms with Crippen LogP contribution in [0, 0.1) is 0 Å². The Balaban J connectivity index is 1.45. The highest BCUT2D eigenvalue weighted by Crippen LogP contribution is 2.25. The highest BCUT2D eigenvalue weighted by Gasteiger charge is 1.99. The van der Waals surface area contributed by atoms with E-state index in [1.54, 1.807) is 18.5 Å². The van der Waals surface area contributed by atoms with Gasteiger partial charge in [-0.1, -0.05) is 18.2 Å². The lowest BCUT2D eigenvalue weighted by molar-refractivity contribution is 0.335. The molecule has 0 saturated heterocycles. The first kappa shape index (κ1) is 16.7. The molecule has 0 unspecified atom stereocenters. The molecule has 3 rings (SSSR count). The van der Waals surface area contributed by atoms with Crippen LogP contribution in [0.2, 0.25) is 0 Å². The molecule has 1 heterocycles. The van der Waals surface area contributed by atoms with Gasteiger partial charge in [0.25, 0.3) is 0 Å². The summed E-state index contributed by atoms with van der Waals surface area (Å²) in [7, 11) is 0. The third-order valence-corrected chi connectivity index (χ3v) is 3.77. The number of aromatic nitrogens is 2. The minimum Gasteiger partial charge on any atom is -0.442 e. The van der Waals surface area contributed by atoms with Gasteiger partial charge in [0.2, 0.25) is 12.8 Å². The normalized spacial score (nSPS) is 11.0. The van der Waals surface area contributed by atoms with E-state index in [4.69, 9.17) is 9.57 Å². The largest absolute Gasteiger partial charge is 0.442 e. The molecule has 0 N–H and O–H groups in total. The summed E-state index contributed by atoms with van der Waals surface area (Å²) in [5.41, 5.74) is 0.748. The second kappa shape index (κ2) is 9.19. The SMILES string of the molecule is C(=Nc1ccc(Sc2ncccn2)cc1)O/N=C/Oc1ccccc1. The van der Waals surface area contributed by atoms with Gasteiger partial charge in [0, 0.05) is 17.3 Å². The van der Waals surface area contributed by atoms with Crippen LogP contribution < -0.4 is 4.74 Å². The molecule has 124 valence electrons. The Morgan fingerprint density at radius 1 is 0.840 bits per heavy atom. The van der Waals surface area contributed by atoms with E-state index >= 15 is 0 Å². The van der Waals surface area contributed by atoms with Crippen LogP contribution in [-0.2, 0) is 4.84 Å². The average molecular weight is 350 g/mol. The summed E-state index contributed by atoms with van der Waals surface area (Å²) < 4.78 is 5.24. The van der Waals surface area contributed by atoms with Crippen LogP contribution >= 0.6 is 11.8 Å². The van der Waals surface area contributed by atoms with Crippen molar-refractivity contribution >= 4 is 30.3 Å². The molecule has 7 heteroatoms. The quantitative estimate of drug-likeness (QED) is 0.275. The molecule has 1 aromatic heterocycles. The van der Waals surface area contributed by atoms with Crippen molar-refractivity contribution in [2.75, 3.05) is 0 Å². The van der Waals surface area contributed by atoms with Gasteiger partial charge in [-0.15, -0.1) is 0 Å². The van der Waals surface area contributed by atoms with Crippen molar-refractivity contribution in [2.45, 2.75) is 10.1 Å². The van der Waals surface area contributed by atoms with Gasteiger partial charge in [0.05, 0.1) is 5.69 Å². The first-order chi connectivity index (χ1) is 12.4. The molecule has 0 amide bonds. The predicted octanol–water partition coefficient (Wildman–Crippen LogP) is 4.33. The standard InChI is InChI=1S/C18H14N4O2S/c1-2-5-16(6-3-1)23-14-22-24-13-21-15-7-9-17(10-8-15)25-18-19-11-4-12-20-18/h1-14H/b21-13?,22-14+. The molecule has 0 aliphatic rings. The Kier molecular flexibility index (Phi) is 6.12. The number of nitrogens with zero attached hydrogens (tertiary/aromatic N) is 4. The maximum atomic E-state index is 5.24. The van der Waals surface area contributed by atoms with Gasteiger partial charge in [-0.05, 0) is 59.4 Å². The van der Waals surface area contributed by atoms with Crippen molar-refractivity contribution in [3.63, 3.8) is 0 Å². The number of para-hydroxylation sites is 1. The second-order valence-electron chi connectivity index (χ2n) is 4.61. The molecule has 0 atom stereocenters. The molecule has 0 saturated carbocycles. The monoisotopic (exact) mass is 350 g/mol. The summed E-state index contributed by atoms with van der Waals surface area (Å²) in [5.74, 6) is 0.683. The molecule has 0 bridgehead atoms. The number of aliphatic imine (C=N–C) groups is 1. The zero-order valence-electron chi connectivity index (χ0n) is 13.1. The maximum absolute atomic E-state index is 5.24. The number of rotatable bonds is 7. The molecular weight excluding hydrogens is 336 g/mol. The van der Waals surface area contributed by atoms with Crippen molar-refractivity contribution in [3.8, 4) is 5.75 Å². The van der Waals surface area contributed by atoms with E-state index in [1.807, 2.05) is 54.6 Å². The highest BCUT2D eigenvalue weighted by molar-refractivity contribution is 7.99. The first-order valence-corrected chi connectivity index (χ1v) is 8.19. The van der Waals surface area contributed by atoms with Crippen molar-refractivity contribution in [3.05, 3.63) is 73.1 Å². The molecule has 3 aromatic rings. The third kappa shape index (κ3) is 5.74. The number of oxime groups is 1. The van der Waals surface area contributed by atoms with Crippen molar-refractivity contribution in [1.82, 2.24) is 9.97 Å². The van der Waals surface area contributed by atoms with Crippen molar-refractivity contribution < 1.29 is 9.57 Å². The van der Waals surface area contributed by atoms with Crippen LogP contribution in [0.5, 0.6) is 5.75 Å². The summed E-state index contributed by atoms with van der Waals surface area (Å²) in [4.78, 5) is 18.4. The fourth-order valence-electron chi connectivity index (χ4n) is 1.76. The summed E-state index contributed by atoms with van der Waals surface area (Å²) in [6.07, 6.45) is 5.88. The Hall–Kier alpha value is -3.19. The van der Waals surface area contributed by atoms with E-state index in [-0.39, 0.29) is 0 Å². The van der Waals surface area contributed by atoms with Crippen LogP contribution in [0.4, 0.5) is 5.69 Å². The zero-order valence-corrected chi connectivity index (χ0v) is 13.9. The molecule has 25 heavy (non-hydrogen) atoms. The first-order valence-electron chi connectivity index (χ1n) is 7.37. The fourth-order valence-corrected chi connectivity index (χ4v) is 2.47. The maximum Gasteiger partial charge on any atom is 0.219 e. The van der Waals surface area contributed by atoms with Gasteiger partial charge in [-0.25, -0.2) is 15.0 Å². The lowest BCUT2D eigenvalue weighted by Crippen LogP contribution is -1.90. The minimum absolute atomic E-state index is 0.683. The Bertz CT molecular complexity index is 825. The van der Waals surface area contributed by atoms with Gasteiger partial charge >= 0.3 is 0 Å². The van der Waals surface area contributed by atoms with E-state index in [2.05, 4.69) is 20.1 Å². The third-order valence-electron chi connectivity index (χ3n) is 2.87. The van der Waals surface area contributed by atoms with Crippen LogP contribution in [0.15, 0.2) is 93.3 Å². The molecule has 0 aliphatic heterocycles. The number of hydrogen-bond acceptors (Lipinski definition) is 7. The molecule has 0 fully saturated rings. The van der Waals surface area contributed by atoms with Gasteiger partial charge in [0.15, 0.2) is 5.16 Å². The van der Waals surface area contributed by atoms with Crippen LogP contribution in [0.3, 0.4) is 0 Å². The molecular formula is C18H14N4O2S. The fraction of sp³-hybridized carbons (Fsp3) is 0. The summed E-state index contributed by atoms with van der Waals surface area (Å²) in [5, 5.41) is 4.34. The smallest absolute Gasteiger partial charge is 0.219 e. The minimum atomic E-state index is 0.683. The van der Waals surface area contributed by atoms with Crippen LogP contribution in [-0.4, -0.2) is 22.8 Å². The van der Waals surface area contributed by atoms with E-state index in [0.717, 1.165) is 10.6 Å². The molecule has 6 nitrogen and oxygen atoms in total.